The van der Waals surface area contributed by atoms with E-state index in [1.54, 1.807) is 36.4 Å². The van der Waals surface area contributed by atoms with Gasteiger partial charge in [0.2, 0.25) is 0 Å². The van der Waals surface area contributed by atoms with E-state index in [1.165, 1.54) is 0 Å². The Morgan fingerprint density at radius 1 is 1.19 bits per heavy atom. The molecule has 27 heavy (non-hydrogen) atoms. The van der Waals surface area contributed by atoms with E-state index >= 15 is 0 Å². The first-order valence-electron chi connectivity index (χ1n) is 8.56. The first-order valence-corrected chi connectivity index (χ1v) is 8.94. The third-order valence-electron chi connectivity index (χ3n) is 4.39. The lowest BCUT2D eigenvalue weighted by atomic mass is 10.1. The van der Waals surface area contributed by atoms with Crippen molar-refractivity contribution in [2.75, 3.05) is 10.6 Å². The number of anilines is 2. The van der Waals surface area contributed by atoms with Crippen LogP contribution in [0.25, 0.3) is 11.3 Å². The van der Waals surface area contributed by atoms with E-state index in [9.17, 15) is 4.79 Å². The molecule has 7 heteroatoms. The topological polar surface area (TPSA) is 93.6 Å². The molecule has 1 aliphatic rings. The largest absolute Gasteiger partial charge is 0.323 e. The molecule has 1 fully saturated rings. The fourth-order valence-corrected chi connectivity index (χ4v) is 3.03. The lowest BCUT2D eigenvalue weighted by molar-refractivity contribution is 0.262. The third-order valence-corrected chi connectivity index (χ3v) is 4.64. The Bertz CT molecular complexity index is 1030. The molecule has 2 amide bonds. The number of nitriles is 1. The zero-order valence-electron chi connectivity index (χ0n) is 14.3. The highest BCUT2D eigenvalue weighted by Gasteiger charge is 2.31. The Morgan fingerprint density at radius 2 is 1.96 bits per heavy atom. The summed E-state index contributed by atoms with van der Waals surface area (Å²) in [7, 11) is 0. The molecule has 0 spiro atoms. The number of aromatic amines is 1. The van der Waals surface area contributed by atoms with Gasteiger partial charge in [0.15, 0.2) is 0 Å². The molecule has 0 bridgehead atoms. The predicted molar refractivity (Wildman–Crippen MR) is 105 cm³/mol. The van der Waals surface area contributed by atoms with Gasteiger partial charge in [0.05, 0.1) is 23.0 Å². The van der Waals surface area contributed by atoms with Crippen LogP contribution in [0.2, 0.25) is 5.02 Å². The van der Waals surface area contributed by atoms with Gasteiger partial charge in [0.1, 0.15) is 5.69 Å². The molecule has 0 radical (unpaired) electrons. The predicted octanol–water partition coefficient (Wildman–Crippen LogP) is 5.12. The van der Waals surface area contributed by atoms with Crippen molar-refractivity contribution in [3.63, 3.8) is 0 Å². The summed E-state index contributed by atoms with van der Waals surface area (Å²) < 4.78 is 0. The standard InChI is InChI=1S/C20H16ClN5O/c21-15-8-6-14(7-9-15)18-19(17(25-26-18)13-4-5-13)24-20(27)23-16-3-1-2-12(10-16)11-22/h1-3,6-10,13H,4-5H2,(H,25,26)(H2,23,24,27). The van der Waals surface area contributed by atoms with Gasteiger partial charge in [0, 0.05) is 22.2 Å². The van der Waals surface area contributed by atoms with Crippen molar-refractivity contribution in [3.8, 4) is 17.3 Å². The second kappa shape index (κ2) is 7.14. The second-order valence-electron chi connectivity index (χ2n) is 6.41. The summed E-state index contributed by atoms with van der Waals surface area (Å²) in [6, 6.07) is 15.8. The van der Waals surface area contributed by atoms with E-state index in [-0.39, 0.29) is 6.03 Å². The zero-order valence-corrected chi connectivity index (χ0v) is 15.0. The van der Waals surface area contributed by atoms with Crippen molar-refractivity contribution in [3.05, 3.63) is 64.8 Å². The summed E-state index contributed by atoms with van der Waals surface area (Å²) in [5.41, 5.74) is 4.18. The molecule has 0 aliphatic heterocycles. The molecule has 1 heterocycles. The van der Waals surface area contributed by atoms with Crippen molar-refractivity contribution in [2.24, 2.45) is 0 Å². The average molecular weight is 378 g/mol. The maximum absolute atomic E-state index is 12.5. The van der Waals surface area contributed by atoms with Crippen molar-refractivity contribution in [1.82, 2.24) is 10.2 Å². The fraction of sp³-hybridized carbons (Fsp3) is 0.150. The van der Waals surface area contributed by atoms with Gasteiger partial charge in [-0.3, -0.25) is 5.10 Å². The Labute approximate surface area is 161 Å². The Balaban J connectivity index is 1.60. The number of benzene rings is 2. The minimum atomic E-state index is -0.386. The summed E-state index contributed by atoms with van der Waals surface area (Å²) in [6.07, 6.45) is 2.14. The third kappa shape index (κ3) is 3.78. The quantitative estimate of drug-likeness (QED) is 0.588. The molecule has 1 aromatic heterocycles. The number of nitrogens with zero attached hydrogens (tertiary/aromatic N) is 2. The smallest absolute Gasteiger partial charge is 0.308 e. The number of H-pyrrole nitrogens is 1. The van der Waals surface area contributed by atoms with Gasteiger partial charge in [-0.1, -0.05) is 29.8 Å². The van der Waals surface area contributed by atoms with Crippen LogP contribution in [0, 0.1) is 11.3 Å². The summed E-state index contributed by atoms with van der Waals surface area (Å²) >= 11 is 5.97. The number of urea groups is 1. The summed E-state index contributed by atoms with van der Waals surface area (Å²) in [6.45, 7) is 0. The number of nitrogens with one attached hydrogen (secondary N) is 3. The van der Waals surface area contributed by atoms with Crippen molar-refractivity contribution in [1.29, 1.82) is 5.26 Å². The molecule has 2 aromatic carbocycles. The SMILES string of the molecule is N#Cc1cccc(NC(=O)Nc2c(-c3ccc(Cl)cc3)n[nH]c2C2CC2)c1. The number of amides is 2. The van der Waals surface area contributed by atoms with Crippen molar-refractivity contribution < 1.29 is 4.79 Å². The first kappa shape index (κ1) is 17.1. The molecule has 0 unspecified atom stereocenters. The summed E-state index contributed by atoms with van der Waals surface area (Å²) in [4.78, 5) is 12.5. The summed E-state index contributed by atoms with van der Waals surface area (Å²) in [5.74, 6) is 0.385. The van der Waals surface area contributed by atoms with Crippen LogP contribution >= 0.6 is 11.6 Å². The average Bonchev–Trinajstić information content (AvgIpc) is 3.44. The van der Waals surface area contributed by atoms with Gasteiger partial charge in [-0.15, -0.1) is 0 Å². The van der Waals surface area contributed by atoms with Gasteiger partial charge < -0.3 is 10.6 Å². The van der Waals surface area contributed by atoms with E-state index in [0.29, 0.717) is 33.6 Å². The maximum atomic E-state index is 12.5. The van der Waals surface area contributed by atoms with Gasteiger partial charge in [-0.2, -0.15) is 10.4 Å². The van der Waals surface area contributed by atoms with Crippen molar-refractivity contribution >= 4 is 29.0 Å². The Kier molecular flexibility index (Phi) is 4.53. The van der Waals surface area contributed by atoms with Crippen molar-refractivity contribution in [2.45, 2.75) is 18.8 Å². The molecule has 0 atom stereocenters. The lowest BCUT2D eigenvalue weighted by Gasteiger charge is -2.10. The molecular formula is C20H16ClN5O. The number of hydrogen-bond acceptors (Lipinski definition) is 3. The van der Waals surface area contributed by atoms with Gasteiger partial charge in [0.25, 0.3) is 0 Å². The second-order valence-corrected chi connectivity index (χ2v) is 6.85. The number of hydrogen-bond donors (Lipinski definition) is 3. The van der Waals surface area contributed by atoms with Crippen LogP contribution in [0.1, 0.15) is 30.0 Å². The molecule has 4 rings (SSSR count). The normalized spacial score (nSPS) is 13.0. The van der Waals surface area contributed by atoms with Crippen LogP contribution in [0.3, 0.4) is 0 Å². The van der Waals surface area contributed by atoms with E-state index in [2.05, 4.69) is 26.9 Å². The number of aromatic nitrogens is 2. The van der Waals surface area contributed by atoms with Crippen LogP contribution in [0.5, 0.6) is 0 Å². The first-order chi connectivity index (χ1) is 13.1. The Hall–Kier alpha value is -3.30. The van der Waals surface area contributed by atoms with E-state index in [1.807, 2.05) is 12.1 Å². The van der Waals surface area contributed by atoms with Gasteiger partial charge >= 0.3 is 6.03 Å². The number of carbonyl (C=O) groups is 1. The highest BCUT2D eigenvalue weighted by molar-refractivity contribution is 6.30. The zero-order chi connectivity index (χ0) is 18.8. The van der Waals surface area contributed by atoms with E-state index < -0.39 is 0 Å². The molecule has 6 nitrogen and oxygen atoms in total. The molecule has 3 aromatic rings. The molecule has 3 N–H and O–H groups in total. The van der Waals surface area contributed by atoms with E-state index in [4.69, 9.17) is 16.9 Å². The minimum Gasteiger partial charge on any atom is -0.308 e. The van der Waals surface area contributed by atoms with Crippen LogP contribution in [0.15, 0.2) is 48.5 Å². The van der Waals surface area contributed by atoms with Crippen LogP contribution in [0.4, 0.5) is 16.2 Å². The monoisotopic (exact) mass is 377 g/mol. The molecule has 1 aliphatic carbocycles. The number of carbonyl (C=O) groups excluding carboxylic acids is 1. The highest BCUT2D eigenvalue weighted by Crippen LogP contribution is 2.45. The molecular weight excluding hydrogens is 362 g/mol. The van der Waals surface area contributed by atoms with Crippen LogP contribution in [-0.4, -0.2) is 16.2 Å². The minimum absolute atomic E-state index is 0.385. The maximum Gasteiger partial charge on any atom is 0.323 e. The van der Waals surface area contributed by atoms with Crippen LogP contribution in [-0.2, 0) is 0 Å². The number of halogens is 1. The fourth-order valence-electron chi connectivity index (χ4n) is 2.91. The van der Waals surface area contributed by atoms with Gasteiger partial charge in [-0.05, 0) is 43.2 Å². The highest BCUT2D eigenvalue weighted by atomic mass is 35.5. The lowest BCUT2D eigenvalue weighted by Crippen LogP contribution is -2.20. The molecule has 1 saturated carbocycles. The van der Waals surface area contributed by atoms with Gasteiger partial charge in [-0.25, -0.2) is 4.79 Å². The summed E-state index contributed by atoms with van der Waals surface area (Å²) in [5, 5.41) is 22.8. The molecule has 0 saturated heterocycles. The molecule has 134 valence electrons. The van der Waals surface area contributed by atoms with Crippen LogP contribution < -0.4 is 10.6 Å². The Morgan fingerprint density at radius 3 is 2.67 bits per heavy atom. The number of rotatable bonds is 4. The van der Waals surface area contributed by atoms with E-state index in [0.717, 1.165) is 24.1 Å².